The topological polar surface area (TPSA) is 75.7 Å². The summed E-state index contributed by atoms with van der Waals surface area (Å²) in [7, 11) is -3.92. The van der Waals surface area contributed by atoms with Crippen LogP contribution in [0.25, 0.3) is 0 Å². The summed E-state index contributed by atoms with van der Waals surface area (Å²) >= 11 is 3.35. The van der Waals surface area contributed by atoms with Gasteiger partial charge in [0.05, 0.1) is 18.0 Å². The Labute approximate surface area is 191 Å². The fourth-order valence-corrected chi connectivity index (χ4v) is 4.58. The number of benzene rings is 3. The van der Waals surface area contributed by atoms with Crippen molar-refractivity contribution < 1.29 is 17.9 Å². The van der Waals surface area contributed by atoms with Gasteiger partial charge < -0.3 is 10.1 Å². The number of rotatable bonds is 9. The number of ether oxygens (including phenoxy) is 1. The molecule has 0 bridgehead atoms. The highest BCUT2D eigenvalue weighted by molar-refractivity contribution is 9.10. The molecule has 0 aliphatic carbocycles. The highest BCUT2D eigenvalue weighted by Gasteiger charge is 2.27. The third-order valence-electron chi connectivity index (χ3n) is 4.42. The smallest absolute Gasteiger partial charge is 0.243 e. The zero-order chi connectivity index (χ0) is 22.3. The molecule has 0 aromatic heterocycles. The number of halogens is 1. The number of nitrogens with one attached hydrogen (secondary N) is 1. The summed E-state index contributed by atoms with van der Waals surface area (Å²) in [5.41, 5.74) is 1.37. The lowest BCUT2D eigenvalue weighted by Crippen LogP contribution is -2.37. The van der Waals surface area contributed by atoms with E-state index in [9.17, 15) is 13.2 Å². The van der Waals surface area contributed by atoms with Gasteiger partial charge in [-0.25, -0.2) is 8.42 Å². The largest absolute Gasteiger partial charge is 0.494 e. The second kappa shape index (κ2) is 10.6. The Morgan fingerprint density at radius 2 is 1.61 bits per heavy atom. The molecule has 0 aliphatic heterocycles. The van der Waals surface area contributed by atoms with Gasteiger partial charge in [0.15, 0.2) is 0 Å². The van der Waals surface area contributed by atoms with Crippen molar-refractivity contribution >= 4 is 37.5 Å². The highest BCUT2D eigenvalue weighted by atomic mass is 79.9. The van der Waals surface area contributed by atoms with Gasteiger partial charge in [-0.2, -0.15) is 4.31 Å². The van der Waals surface area contributed by atoms with Gasteiger partial charge in [0.25, 0.3) is 0 Å². The number of anilines is 1. The molecule has 0 fully saturated rings. The molecule has 31 heavy (non-hydrogen) atoms. The molecule has 162 valence electrons. The van der Waals surface area contributed by atoms with Gasteiger partial charge in [-0.05, 0) is 61.0 Å². The summed E-state index contributed by atoms with van der Waals surface area (Å²) < 4.78 is 34.1. The van der Waals surface area contributed by atoms with Crippen LogP contribution in [0.3, 0.4) is 0 Å². The minimum absolute atomic E-state index is 0.0736. The van der Waals surface area contributed by atoms with E-state index < -0.39 is 15.9 Å². The molecular weight excluding hydrogens is 480 g/mol. The van der Waals surface area contributed by atoms with Crippen LogP contribution in [0, 0.1) is 0 Å². The Morgan fingerprint density at radius 3 is 2.23 bits per heavy atom. The number of carbonyl (C=O) groups is 1. The summed E-state index contributed by atoms with van der Waals surface area (Å²) in [6.45, 7) is 2.10. The quantitative estimate of drug-likeness (QED) is 0.460. The van der Waals surface area contributed by atoms with Crippen molar-refractivity contribution in [3.8, 4) is 5.75 Å². The Bertz CT molecular complexity index is 1100. The van der Waals surface area contributed by atoms with Crippen LogP contribution in [0.4, 0.5) is 5.69 Å². The molecule has 0 radical (unpaired) electrons. The monoisotopic (exact) mass is 502 g/mol. The Kier molecular flexibility index (Phi) is 7.84. The summed E-state index contributed by atoms with van der Waals surface area (Å²) in [4.78, 5) is 12.8. The molecule has 1 N–H and O–H groups in total. The van der Waals surface area contributed by atoms with Crippen molar-refractivity contribution in [2.24, 2.45) is 0 Å². The second-order valence-corrected chi connectivity index (χ2v) is 9.57. The van der Waals surface area contributed by atoms with Crippen LogP contribution in [-0.4, -0.2) is 31.8 Å². The molecule has 8 heteroatoms. The molecule has 3 rings (SSSR count). The number of amides is 1. The van der Waals surface area contributed by atoms with Crippen LogP contribution < -0.4 is 10.1 Å². The molecule has 0 atom stereocenters. The lowest BCUT2D eigenvalue weighted by atomic mass is 10.2. The maximum absolute atomic E-state index is 13.3. The average molecular weight is 503 g/mol. The van der Waals surface area contributed by atoms with Crippen molar-refractivity contribution in [1.29, 1.82) is 0 Å². The van der Waals surface area contributed by atoms with Crippen LogP contribution in [-0.2, 0) is 21.4 Å². The van der Waals surface area contributed by atoms with E-state index in [-0.39, 0.29) is 18.0 Å². The predicted octanol–water partition coefficient (Wildman–Crippen LogP) is 4.68. The minimum atomic E-state index is -3.92. The third kappa shape index (κ3) is 6.40. The first-order valence-electron chi connectivity index (χ1n) is 9.71. The molecular formula is C23H23BrN2O4S. The summed E-state index contributed by atoms with van der Waals surface area (Å²) in [5, 5.41) is 2.75. The molecule has 0 aliphatic rings. The number of carbonyl (C=O) groups excluding carboxylic acids is 1. The lowest BCUT2D eigenvalue weighted by Gasteiger charge is -2.22. The van der Waals surface area contributed by atoms with Gasteiger partial charge in [-0.3, -0.25) is 4.79 Å². The van der Waals surface area contributed by atoms with Crippen molar-refractivity contribution in [3.63, 3.8) is 0 Å². The van der Waals surface area contributed by atoms with Crippen LogP contribution in [0.5, 0.6) is 5.75 Å². The molecule has 0 saturated heterocycles. The first kappa shape index (κ1) is 23.0. The maximum atomic E-state index is 13.3. The zero-order valence-electron chi connectivity index (χ0n) is 17.0. The third-order valence-corrected chi connectivity index (χ3v) is 6.76. The molecule has 0 unspecified atom stereocenters. The van der Waals surface area contributed by atoms with E-state index in [1.165, 1.54) is 16.4 Å². The van der Waals surface area contributed by atoms with Crippen molar-refractivity contribution in [2.75, 3.05) is 18.5 Å². The molecule has 0 spiro atoms. The van der Waals surface area contributed by atoms with E-state index in [2.05, 4.69) is 21.2 Å². The van der Waals surface area contributed by atoms with Crippen LogP contribution in [0.1, 0.15) is 12.5 Å². The fourth-order valence-electron chi connectivity index (χ4n) is 2.93. The molecule has 0 saturated carbocycles. The Morgan fingerprint density at radius 1 is 0.968 bits per heavy atom. The summed E-state index contributed by atoms with van der Waals surface area (Å²) in [6.07, 6.45) is 0. The standard InChI is InChI=1S/C23H23BrN2O4S/c1-2-30-21-12-14-22(15-13-21)31(28,29)26(16-18-6-4-3-5-7-18)17-23(27)25-20-10-8-19(24)9-11-20/h3-15H,2,16-17H2,1H3,(H,25,27). The van der Waals surface area contributed by atoms with Gasteiger partial charge in [-0.1, -0.05) is 46.3 Å². The first-order chi connectivity index (χ1) is 14.9. The van der Waals surface area contributed by atoms with Crippen LogP contribution in [0.2, 0.25) is 0 Å². The fraction of sp³-hybridized carbons (Fsp3) is 0.174. The number of sulfonamides is 1. The number of nitrogens with zero attached hydrogens (tertiary/aromatic N) is 1. The number of hydrogen-bond donors (Lipinski definition) is 1. The molecule has 1 amide bonds. The van der Waals surface area contributed by atoms with E-state index in [1.807, 2.05) is 37.3 Å². The maximum Gasteiger partial charge on any atom is 0.243 e. The highest BCUT2D eigenvalue weighted by Crippen LogP contribution is 2.22. The van der Waals surface area contributed by atoms with E-state index in [0.717, 1.165) is 10.0 Å². The van der Waals surface area contributed by atoms with Gasteiger partial charge in [0, 0.05) is 16.7 Å². The molecule has 6 nitrogen and oxygen atoms in total. The van der Waals surface area contributed by atoms with Gasteiger partial charge in [0.1, 0.15) is 5.75 Å². The van der Waals surface area contributed by atoms with Crippen molar-refractivity contribution in [3.05, 3.63) is 88.9 Å². The van der Waals surface area contributed by atoms with Gasteiger partial charge in [0.2, 0.25) is 15.9 Å². The average Bonchev–Trinajstić information content (AvgIpc) is 2.76. The van der Waals surface area contributed by atoms with E-state index in [4.69, 9.17) is 4.74 Å². The zero-order valence-corrected chi connectivity index (χ0v) is 19.4. The second-order valence-electron chi connectivity index (χ2n) is 6.72. The Balaban J connectivity index is 1.84. The molecule has 3 aromatic rings. The van der Waals surface area contributed by atoms with E-state index >= 15 is 0 Å². The molecule has 0 heterocycles. The van der Waals surface area contributed by atoms with E-state index in [0.29, 0.717) is 18.0 Å². The van der Waals surface area contributed by atoms with E-state index in [1.54, 1.807) is 36.4 Å². The van der Waals surface area contributed by atoms with Crippen molar-refractivity contribution in [2.45, 2.75) is 18.4 Å². The predicted molar refractivity (Wildman–Crippen MR) is 124 cm³/mol. The SMILES string of the molecule is CCOc1ccc(S(=O)(=O)N(CC(=O)Nc2ccc(Br)cc2)Cc2ccccc2)cc1. The van der Waals surface area contributed by atoms with Crippen LogP contribution >= 0.6 is 15.9 Å². The minimum Gasteiger partial charge on any atom is -0.494 e. The molecule has 3 aromatic carbocycles. The van der Waals surface area contributed by atoms with Crippen molar-refractivity contribution in [1.82, 2.24) is 4.31 Å². The summed E-state index contributed by atoms with van der Waals surface area (Å²) in [6, 6.07) is 22.5. The van der Waals surface area contributed by atoms with Crippen LogP contribution in [0.15, 0.2) is 88.2 Å². The lowest BCUT2D eigenvalue weighted by molar-refractivity contribution is -0.116. The Hall–Kier alpha value is -2.68. The van der Waals surface area contributed by atoms with Gasteiger partial charge >= 0.3 is 0 Å². The van der Waals surface area contributed by atoms with Gasteiger partial charge in [-0.15, -0.1) is 0 Å². The first-order valence-corrected chi connectivity index (χ1v) is 11.9. The number of hydrogen-bond acceptors (Lipinski definition) is 4. The summed E-state index contributed by atoms with van der Waals surface area (Å²) in [5.74, 6) is 0.164. The normalized spacial score (nSPS) is 11.3.